The third kappa shape index (κ3) is 4.27. The molecule has 0 aliphatic heterocycles. The highest BCUT2D eigenvalue weighted by Gasteiger charge is 2.32. The molecule has 0 aliphatic carbocycles. The summed E-state index contributed by atoms with van der Waals surface area (Å²) >= 11 is 0. The molecule has 0 aliphatic rings. The van der Waals surface area contributed by atoms with Gasteiger partial charge in [0, 0.05) is 42.0 Å². The average Bonchev–Trinajstić information content (AvgIpc) is 3.38. The molecule has 3 aromatic heterocycles. The fourth-order valence-corrected chi connectivity index (χ4v) is 5.37. The topological polar surface area (TPSA) is 127 Å². The Balaban J connectivity index is 1.71. The minimum Gasteiger partial charge on any atom is -0.494 e. The molecule has 188 valence electrons. The number of ether oxygens (including phenoxy) is 1. The lowest BCUT2D eigenvalue weighted by Gasteiger charge is -2.24. The maximum Gasteiger partial charge on any atom is 0.270 e. The van der Waals surface area contributed by atoms with Crippen molar-refractivity contribution < 1.29 is 22.1 Å². The van der Waals surface area contributed by atoms with E-state index in [2.05, 4.69) is 10.1 Å². The van der Waals surface area contributed by atoms with Crippen molar-refractivity contribution in [3.63, 3.8) is 0 Å². The van der Waals surface area contributed by atoms with E-state index in [1.807, 2.05) is 0 Å². The number of halogens is 1. The SMILES string of the molecule is COc1cc(-n2ccc(C)cc2=O)c(F)cc1N(c1ccon1)S(=O)(=O)c1ccc2[nH]c(=O)ccc2c1. The smallest absolute Gasteiger partial charge is 0.270 e. The van der Waals surface area contributed by atoms with Crippen molar-refractivity contribution in [2.75, 3.05) is 11.4 Å². The van der Waals surface area contributed by atoms with Crippen LogP contribution in [0.25, 0.3) is 16.6 Å². The van der Waals surface area contributed by atoms with Crippen LogP contribution in [0.1, 0.15) is 5.56 Å². The van der Waals surface area contributed by atoms with Crippen LogP contribution in [-0.2, 0) is 10.0 Å². The molecule has 0 bridgehead atoms. The number of H-pyrrole nitrogens is 1. The van der Waals surface area contributed by atoms with E-state index in [1.165, 1.54) is 68.1 Å². The van der Waals surface area contributed by atoms with E-state index in [0.717, 1.165) is 14.9 Å². The van der Waals surface area contributed by atoms with Gasteiger partial charge >= 0.3 is 0 Å². The first-order valence-corrected chi connectivity index (χ1v) is 12.3. The molecule has 0 amide bonds. The van der Waals surface area contributed by atoms with Gasteiger partial charge in [-0.15, -0.1) is 0 Å². The quantitative estimate of drug-likeness (QED) is 0.361. The van der Waals surface area contributed by atoms with Crippen LogP contribution in [0.15, 0.2) is 92.1 Å². The number of aromatic nitrogens is 3. The number of anilines is 2. The monoisotopic (exact) mass is 522 g/mol. The van der Waals surface area contributed by atoms with Crippen LogP contribution in [0.3, 0.4) is 0 Å². The number of aryl methyl sites for hydroxylation is 1. The zero-order chi connectivity index (χ0) is 26.3. The van der Waals surface area contributed by atoms with Crippen LogP contribution in [0.2, 0.25) is 0 Å². The Bertz CT molecular complexity index is 1860. The van der Waals surface area contributed by atoms with Crippen molar-refractivity contribution in [1.82, 2.24) is 14.7 Å². The van der Waals surface area contributed by atoms with E-state index in [9.17, 15) is 18.0 Å². The van der Waals surface area contributed by atoms with Crippen molar-refractivity contribution in [3.05, 3.63) is 105 Å². The number of nitrogens with zero attached hydrogens (tertiary/aromatic N) is 3. The third-order valence-electron chi connectivity index (χ3n) is 5.67. The highest BCUT2D eigenvalue weighted by atomic mass is 32.2. The second-order valence-corrected chi connectivity index (χ2v) is 9.87. The molecular weight excluding hydrogens is 503 g/mol. The van der Waals surface area contributed by atoms with Gasteiger partial charge in [0.2, 0.25) is 5.56 Å². The van der Waals surface area contributed by atoms with Crippen molar-refractivity contribution >= 4 is 32.4 Å². The van der Waals surface area contributed by atoms with Crippen molar-refractivity contribution in [2.45, 2.75) is 11.8 Å². The van der Waals surface area contributed by atoms with Crippen LogP contribution in [0.4, 0.5) is 15.9 Å². The molecule has 37 heavy (non-hydrogen) atoms. The molecule has 3 heterocycles. The maximum atomic E-state index is 15.5. The van der Waals surface area contributed by atoms with Gasteiger partial charge in [-0.25, -0.2) is 17.1 Å². The molecular formula is C25H19FN4O6S. The van der Waals surface area contributed by atoms with Crippen molar-refractivity contribution in [2.24, 2.45) is 0 Å². The summed E-state index contributed by atoms with van der Waals surface area (Å²) in [5, 5.41) is 4.22. The molecule has 2 aromatic carbocycles. The van der Waals surface area contributed by atoms with Gasteiger partial charge in [-0.3, -0.25) is 14.2 Å². The summed E-state index contributed by atoms with van der Waals surface area (Å²) in [7, 11) is -3.13. The second-order valence-electron chi connectivity index (χ2n) is 8.09. The van der Waals surface area contributed by atoms with Gasteiger partial charge in [0.25, 0.3) is 15.6 Å². The van der Waals surface area contributed by atoms with Gasteiger partial charge in [0.1, 0.15) is 23.5 Å². The van der Waals surface area contributed by atoms with Gasteiger partial charge in [-0.2, -0.15) is 0 Å². The Kier molecular flexibility index (Phi) is 5.88. The van der Waals surface area contributed by atoms with Gasteiger partial charge in [-0.1, -0.05) is 5.16 Å². The lowest BCUT2D eigenvalue weighted by molar-refractivity contribution is 0.412. The molecule has 0 spiro atoms. The van der Waals surface area contributed by atoms with E-state index >= 15 is 4.39 Å². The molecule has 0 saturated carbocycles. The summed E-state index contributed by atoms with van der Waals surface area (Å²) in [5.41, 5.74) is 0.0188. The fourth-order valence-electron chi connectivity index (χ4n) is 3.90. The van der Waals surface area contributed by atoms with Crippen LogP contribution in [0, 0.1) is 12.7 Å². The molecule has 0 saturated heterocycles. The van der Waals surface area contributed by atoms with E-state index in [4.69, 9.17) is 9.26 Å². The van der Waals surface area contributed by atoms with Gasteiger partial charge in [0.15, 0.2) is 5.82 Å². The molecule has 10 nitrogen and oxygen atoms in total. The number of hydrogen-bond donors (Lipinski definition) is 1. The van der Waals surface area contributed by atoms with E-state index in [1.54, 1.807) is 13.0 Å². The van der Waals surface area contributed by atoms with Gasteiger partial charge < -0.3 is 14.2 Å². The second kappa shape index (κ2) is 9.06. The molecule has 0 unspecified atom stereocenters. The van der Waals surface area contributed by atoms with E-state index in [-0.39, 0.29) is 33.4 Å². The summed E-state index contributed by atoms with van der Waals surface area (Å²) in [5.74, 6) is -1.07. The van der Waals surface area contributed by atoms with Crippen molar-refractivity contribution in [1.29, 1.82) is 0 Å². The predicted molar refractivity (Wildman–Crippen MR) is 134 cm³/mol. The molecule has 12 heteroatoms. The summed E-state index contributed by atoms with van der Waals surface area (Å²) in [6.07, 6.45) is 2.59. The first-order valence-electron chi connectivity index (χ1n) is 10.8. The van der Waals surface area contributed by atoms with Crippen LogP contribution in [-0.4, -0.2) is 30.2 Å². The molecule has 5 rings (SSSR count). The average molecular weight is 523 g/mol. The number of nitrogens with one attached hydrogen (secondary N) is 1. The highest BCUT2D eigenvalue weighted by Crippen LogP contribution is 2.40. The lowest BCUT2D eigenvalue weighted by atomic mass is 10.2. The Morgan fingerprint density at radius 3 is 2.57 bits per heavy atom. The van der Waals surface area contributed by atoms with Crippen molar-refractivity contribution in [3.8, 4) is 11.4 Å². The zero-order valence-corrected chi connectivity index (χ0v) is 20.3. The standard InChI is InChI=1S/C25H19FN4O6S/c1-15-7-9-29(25(32)11-15)20-14-22(35-2)21(13-18(20)26)30(23-8-10-36-28-23)37(33,34)17-4-5-19-16(12-17)3-6-24(31)27-19/h3-14H,1-2H3,(H,27,31). The minimum atomic E-state index is -4.42. The number of rotatable bonds is 6. The number of fused-ring (bicyclic) bond motifs is 1. The number of sulfonamides is 1. The molecule has 1 N–H and O–H groups in total. The van der Waals surface area contributed by atoms with Crippen LogP contribution in [0.5, 0.6) is 5.75 Å². The Hall–Kier alpha value is -4.71. The number of pyridine rings is 2. The van der Waals surface area contributed by atoms with E-state index in [0.29, 0.717) is 16.5 Å². The maximum absolute atomic E-state index is 15.5. The largest absolute Gasteiger partial charge is 0.494 e. The first-order chi connectivity index (χ1) is 17.7. The molecule has 5 aromatic rings. The van der Waals surface area contributed by atoms with Gasteiger partial charge in [-0.05, 0) is 48.2 Å². The summed E-state index contributed by atoms with van der Waals surface area (Å²) in [4.78, 5) is 26.6. The fraction of sp³-hybridized carbons (Fsp3) is 0.0800. The zero-order valence-electron chi connectivity index (χ0n) is 19.5. The summed E-state index contributed by atoms with van der Waals surface area (Å²) in [6.45, 7) is 1.73. The summed E-state index contributed by atoms with van der Waals surface area (Å²) in [6, 6.07) is 13.4. The lowest BCUT2D eigenvalue weighted by Crippen LogP contribution is -2.27. The number of benzene rings is 2. The number of methoxy groups -OCH3 is 1. The number of aromatic amines is 1. The Morgan fingerprint density at radius 2 is 1.86 bits per heavy atom. The van der Waals surface area contributed by atoms with Crippen LogP contribution < -0.4 is 20.2 Å². The van der Waals surface area contributed by atoms with Gasteiger partial charge in [0.05, 0.1) is 17.7 Å². The first kappa shape index (κ1) is 24.0. The summed E-state index contributed by atoms with van der Waals surface area (Å²) < 4.78 is 55.5. The third-order valence-corrected chi connectivity index (χ3v) is 7.38. The minimum absolute atomic E-state index is 0.0411. The normalized spacial score (nSPS) is 11.5. The molecule has 0 radical (unpaired) electrons. The predicted octanol–water partition coefficient (Wildman–Crippen LogP) is 3.65. The van der Waals surface area contributed by atoms with E-state index < -0.39 is 21.4 Å². The Morgan fingerprint density at radius 1 is 1.05 bits per heavy atom. The highest BCUT2D eigenvalue weighted by molar-refractivity contribution is 7.93. The Labute approximate surface area is 209 Å². The number of hydrogen-bond acceptors (Lipinski definition) is 7. The van der Waals surface area contributed by atoms with Crippen LogP contribution >= 0.6 is 0 Å². The molecule has 0 atom stereocenters. The molecule has 0 fully saturated rings.